The van der Waals surface area contributed by atoms with Crippen LogP contribution in [0.25, 0.3) is 10.9 Å². The smallest absolute Gasteiger partial charge is 0.237 e. The number of para-hydroxylation sites is 1. The molecule has 3 rings (SSSR count). The van der Waals surface area contributed by atoms with Crippen molar-refractivity contribution in [3.8, 4) is 11.5 Å². The lowest BCUT2D eigenvalue weighted by Gasteiger charge is -2.15. The molecule has 7 nitrogen and oxygen atoms in total. The van der Waals surface area contributed by atoms with Crippen LogP contribution in [0.2, 0.25) is 0 Å². The standard InChI is InChI=1S/C20H22N4O3S/c1-12(19(25)22-16-11-13(26-3)9-10-17(16)27-4)28-20-23-15-8-6-5-7-14(15)18(21-2)24-20/h5-12H,1-4H3,(H,22,25)(H,21,23,24)/t12-/m0/s1. The zero-order chi connectivity index (χ0) is 20.1. The number of nitrogens with one attached hydrogen (secondary N) is 2. The van der Waals surface area contributed by atoms with Crippen LogP contribution < -0.4 is 20.1 Å². The van der Waals surface area contributed by atoms with Crippen LogP contribution in [0.4, 0.5) is 11.5 Å². The Morgan fingerprint density at radius 1 is 1.11 bits per heavy atom. The molecule has 0 fully saturated rings. The molecule has 0 unspecified atom stereocenters. The highest BCUT2D eigenvalue weighted by atomic mass is 32.2. The number of amides is 1. The van der Waals surface area contributed by atoms with Gasteiger partial charge >= 0.3 is 0 Å². The number of thioether (sulfide) groups is 1. The summed E-state index contributed by atoms with van der Waals surface area (Å²) in [5.41, 5.74) is 1.38. The van der Waals surface area contributed by atoms with Crippen LogP contribution in [0.1, 0.15) is 6.92 Å². The molecule has 0 aliphatic rings. The molecule has 1 heterocycles. The third-order valence-corrected chi connectivity index (χ3v) is 5.10. The zero-order valence-corrected chi connectivity index (χ0v) is 17.0. The van der Waals surface area contributed by atoms with Crippen LogP contribution in [-0.4, -0.2) is 42.4 Å². The summed E-state index contributed by atoms with van der Waals surface area (Å²) >= 11 is 1.29. The fraction of sp³-hybridized carbons (Fsp3) is 0.250. The SMILES string of the molecule is CNc1nc(S[C@@H](C)C(=O)Nc2cc(OC)ccc2OC)nc2ccccc12. The van der Waals surface area contributed by atoms with Gasteiger partial charge in [0.2, 0.25) is 5.91 Å². The number of rotatable bonds is 7. The quantitative estimate of drug-likeness (QED) is 0.462. The van der Waals surface area contributed by atoms with E-state index in [1.807, 2.05) is 38.2 Å². The Morgan fingerprint density at radius 3 is 2.61 bits per heavy atom. The van der Waals surface area contributed by atoms with Crippen molar-refractivity contribution >= 4 is 40.1 Å². The topological polar surface area (TPSA) is 85.4 Å². The molecule has 0 radical (unpaired) electrons. The van der Waals surface area contributed by atoms with Gasteiger partial charge in [-0.25, -0.2) is 9.97 Å². The molecule has 0 aliphatic carbocycles. The van der Waals surface area contributed by atoms with E-state index in [2.05, 4.69) is 20.6 Å². The number of anilines is 2. The third kappa shape index (κ3) is 4.28. The molecule has 0 saturated heterocycles. The average molecular weight is 398 g/mol. The molecule has 3 aromatic rings. The maximum Gasteiger partial charge on any atom is 0.237 e. The van der Waals surface area contributed by atoms with Crippen molar-refractivity contribution < 1.29 is 14.3 Å². The second-order valence-corrected chi connectivity index (χ2v) is 7.25. The lowest BCUT2D eigenvalue weighted by molar-refractivity contribution is -0.115. The first-order valence-corrected chi connectivity index (χ1v) is 9.57. The van der Waals surface area contributed by atoms with Gasteiger partial charge in [0.15, 0.2) is 5.16 Å². The molecule has 1 aromatic heterocycles. The Morgan fingerprint density at radius 2 is 1.89 bits per heavy atom. The number of carbonyl (C=O) groups is 1. The molecular weight excluding hydrogens is 376 g/mol. The third-order valence-electron chi connectivity index (χ3n) is 4.14. The summed E-state index contributed by atoms with van der Waals surface area (Å²) in [5, 5.41) is 7.02. The van der Waals surface area contributed by atoms with Crippen molar-refractivity contribution in [2.45, 2.75) is 17.3 Å². The van der Waals surface area contributed by atoms with Gasteiger partial charge in [0.1, 0.15) is 17.3 Å². The van der Waals surface area contributed by atoms with Gasteiger partial charge in [0.05, 0.1) is 30.7 Å². The molecule has 1 amide bonds. The molecule has 1 atom stereocenters. The van der Waals surface area contributed by atoms with Crippen LogP contribution in [0.3, 0.4) is 0 Å². The number of fused-ring (bicyclic) bond motifs is 1. The van der Waals surface area contributed by atoms with Crippen molar-refractivity contribution in [2.75, 3.05) is 31.9 Å². The van der Waals surface area contributed by atoms with Crippen LogP contribution in [0.15, 0.2) is 47.6 Å². The van der Waals surface area contributed by atoms with E-state index >= 15 is 0 Å². The summed E-state index contributed by atoms with van der Waals surface area (Å²) in [5.74, 6) is 1.74. The van der Waals surface area contributed by atoms with Crippen molar-refractivity contribution in [1.82, 2.24) is 9.97 Å². The molecule has 2 N–H and O–H groups in total. The molecule has 0 spiro atoms. The summed E-state index contributed by atoms with van der Waals surface area (Å²) in [6.07, 6.45) is 0. The number of nitrogens with zero attached hydrogens (tertiary/aromatic N) is 2. The number of methoxy groups -OCH3 is 2. The maximum absolute atomic E-state index is 12.7. The lowest BCUT2D eigenvalue weighted by atomic mass is 10.2. The van der Waals surface area contributed by atoms with Gasteiger partial charge in [-0.05, 0) is 31.2 Å². The number of ether oxygens (including phenoxy) is 2. The van der Waals surface area contributed by atoms with E-state index in [4.69, 9.17) is 9.47 Å². The summed E-state index contributed by atoms with van der Waals surface area (Å²) in [6.45, 7) is 1.81. The van der Waals surface area contributed by atoms with Crippen molar-refractivity contribution in [3.63, 3.8) is 0 Å². The molecule has 146 valence electrons. The second kappa shape index (κ2) is 8.79. The predicted octanol–water partition coefficient (Wildman–Crippen LogP) is 3.81. The van der Waals surface area contributed by atoms with Crippen LogP contribution in [0.5, 0.6) is 11.5 Å². The first-order chi connectivity index (χ1) is 13.5. The molecular formula is C20H22N4O3S. The van der Waals surface area contributed by atoms with Gasteiger partial charge < -0.3 is 20.1 Å². The van der Waals surface area contributed by atoms with Gasteiger partial charge in [-0.1, -0.05) is 23.9 Å². The highest BCUT2D eigenvalue weighted by Gasteiger charge is 2.19. The number of carbonyl (C=O) groups excluding carboxylic acids is 1. The second-order valence-electron chi connectivity index (χ2n) is 5.94. The van der Waals surface area contributed by atoms with E-state index in [1.165, 1.54) is 11.8 Å². The number of hydrogen-bond donors (Lipinski definition) is 2. The average Bonchev–Trinajstić information content (AvgIpc) is 2.72. The minimum atomic E-state index is -0.415. The van der Waals surface area contributed by atoms with Gasteiger partial charge in [-0.3, -0.25) is 4.79 Å². The van der Waals surface area contributed by atoms with Crippen molar-refractivity contribution in [2.24, 2.45) is 0 Å². The highest BCUT2D eigenvalue weighted by molar-refractivity contribution is 8.00. The zero-order valence-electron chi connectivity index (χ0n) is 16.1. The monoisotopic (exact) mass is 398 g/mol. The Hall–Kier alpha value is -3.00. The summed E-state index contributed by atoms with van der Waals surface area (Å²) in [6, 6.07) is 13.0. The number of benzene rings is 2. The molecule has 0 bridgehead atoms. The highest BCUT2D eigenvalue weighted by Crippen LogP contribution is 2.31. The largest absolute Gasteiger partial charge is 0.497 e. The minimum Gasteiger partial charge on any atom is -0.497 e. The Balaban J connectivity index is 1.79. The van der Waals surface area contributed by atoms with Crippen molar-refractivity contribution in [1.29, 1.82) is 0 Å². The molecule has 0 aliphatic heterocycles. The van der Waals surface area contributed by atoms with E-state index in [9.17, 15) is 4.79 Å². The van der Waals surface area contributed by atoms with Gasteiger partial charge in [-0.15, -0.1) is 0 Å². The minimum absolute atomic E-state index is 0.181. The van der Waals surface area contributed by atoms with E-state index < -0.39 is 5.25 Å². The normalized spacial score (nSPS) is 11.7. The van der Waals surface area contributed by atoms with Crippen LogP contribution in [-0.2, 0) is 4.79 Å². The first kappa shape index (κ1) is 19.8. The number of aromatic nitrogens is 2. The molecule has 8 heteroatoms. The summed E-state index contributed by atoms with van der Waals surface area (Å²) < 4.78 is 10.5. The molecule has 28 heavy (non-hydrogen) atoms. The van der Waals surface area contributed by atoms with Gasteiger partial charge in [0.25, 0.3) is 0 Å². The summed E-state index contributed by atoms with van der Waals surface area (Å²) in [4.78, 5) is 21.8. The Bertz CT molecular complexity index is 996. The lowest BCUT2D eigenvalue weighted by Crippen LogP contribution is -2.23. The van der Waals surface area contributed by atoms with Gasteiger partial charge in [-0.2, -0.15) is 0 Å². The Labute approximate surface area is 167 Å². The van der Waals surface area contributed by atoms with E-state index in [0.29, 0.717) is 22.3 Å². The Kier molecular flexibility index (Phi) is 6.20. The fourth-order valence-electron chi connectivity index (χ4n) is 2.66. The first-order valence-electron chi connectivity index (χ1n) is 8.69. The van der Waals surface area contributed by atoms with E-state index in [-0.39, 0.29) is 5.91 Å². The van der Waals surface area contributed by atoms with Crippen molar-refractivity contribution in [3.05, 3.63) is 42.5 Å². The van der Waals surface area contributed by atoms with Crippen LogP contribution >= 0.6 is 11.8 Å². The van der Waals surface area contributed by atoms with E-state index in [0.717, 1.165) is 16.7 Å². The summed E-state index contributed by atoms with van der Waals surface area (Å²) in [7, 11) is 4.94. The molecule has 0 saturated carbocycles. The van der Waals surface area contributed by atoms with E-state index in [1.54, 1.807) is 32.4 Å². The maximum atomic E-state index is 12.7. The predicted molar refractivity (Wildman–Crippen MR) is 113 cm³/mol. The number of hydrogen-bond acceptors (Lipinski definition) is 7. The van der Waals surface area contributed by atoms with Crippen LogP contribution in [0, 0.1) is 0 Å². The molecule has 2 aromatic carbocycles. The van der Waals surface area contributed by atoms with Gasteiger partial charge in [0, 0.05) is 18.5 Å². The fourth-order valence-corrected chi connectivity index (χ4v) is 3.43.